The van der Waals surface area contributed by atoms with Gasteiger partial charge in [-0.1, -0.05) is 38.8 Å². The fourth-order valence-electron chi connectivity index (χ4n) is 5.08. The Kier molecular flexibility index (Phi) is 5.20. The second kappa shape index (κ2) is 6.42. The van der Waals surface area contributed by atoms with E-state index in [1.165, 1.54) is 19.3 Å². The van der Waals surface area contributed by atoms with Crippen LogP contribution in [-0.2, 0) is 9.47 Å². The second-order valence-electron chi connectivity index (χ2n) is 7.90. The van der Waals surface area contributed by atoms with Crippen molar-refractivity contribution in [3.63, 3.8) is 0 Å². The van der Waals surface area contributed by atoms with Gasteiger partial charge in [-0.05, 0) is 56.3 Å². The first kappa shape index (κ1) is 17.0. The van der Waals surface area contributed by atoms with Gasteiger partial charge in [-0.3, -0.25) is 0 Å². The minimum absolute atomic E-state index is 0.0416. The normalized spacial score (nSPS) is 34.9. The van der Waals surface area contributed by atoms with Crippen LogP contribution in [-0.4, -0.2) is 19.5 Å². The zero-order valence-corrected chi connectivity index (χ0v) is 14.9. The molecule has 2 bridgehead atoms. The number of rotatable bonds is 6. The van der Waals surface area contributed by atoms with Gasteiger partial charge >= 0.3 is 0 Å². The summed E-state index contributed by atoms with van der Waals surface area (Å²) in [4.78, 5) is 0. The molecule has 2 heteroatoms. The van der Waals surface area contributed by atoms with Crippen molar-refractivity contribution in [2.75, 3.05) is 13.2 Å². The Balaban J connectivity index is 2.24. The summed E-state index contributed by atoms with van der Waals surface area (Å²) in [6, 6.07) is 0. The summed E-state index contributed by atoms with van der Waals surface area (Å²) in [6.07, 6.45) is 7.54. The van der Waals surface area contributed by atoms with Gasteiger partial charge in [0.25, 0.3) is 0 Å². The molecule has 0 aromatic heterocycles. The van der Waals surface area contributed by atoms with Gasteiger partial charge in [0.15, 0.2) is 6.29 Å². The minimum atomic E-state index is -0.0416. The predicted octanol–water partition coefficient (Wildman–Crippen LogP) is 5.18. The van der Waals surface area contributed by atoms with E-state index >= 15 is 0 Å². The molecular weight excluding hydrogens is 260 g/mol. The van der Waals surface area contributed by atoms with E-state index in [9.17, 15) is 0 Å². The van der Waals surface area contributed by atoms with Gasteiger partial charge in [0.2, 0.25) is 0 Å². The molecule has 0 aliphatic heterocycles. The molecule has 0 aromatic carbocycles. The molecule has 2 aliphatic rings. The molecule has 0 aromatic rings. The van der Waals surface area contributed by atoms with Gasteiger partial charge in [-0.2, -0.15) is 0 Å². The molecule has 122 valence electrons. The van der Waals surface area contributed by atoms with E-state index < -0.39 is 0 Å². The van der Waals surface area contributed by atoms with E-state index in [-0.39, 0.29) is 6.29 Å². The van der Waals surface area contributed by atoms with Gasteiger partial charge in [-0.15, -0.1) is 0 Å². The average molecular weight is 294 g/mol. The van der Waals surface area contributed by atoms with Crippen molar-refractivity contribution >= 4 is 0 Å². The van der Waals surface area contributed by atoms with Crippen molar-refractivity contribution in [2.24, 2.45) is 22.7 Å². The SMILES string of the molecule is CCOC(CC1C2C(C)=CC1(C)CCCC2(C)C)OCC. The van der Waals surface area contributed by atoms with E-state index in [1.54, 1.807) is 5.57 Å². The smallest absolute Gasteiger partial charge is 0.157 e. The zero-order valence-electron chi connectivity index (χ0n) is 14.9. The molecule has 0 spiro atoms. The van der Waals surface area contributed by atoms with E-state index in [0.717, 1.165) is 19.6 Å². The van der Waals surface area contributed by atoms with Crippen LogP contribution in [0.1, 0.15) is 67.2 Å². The Hall–Kier alpha value is -0.340. The van der Waals surface area contributed by atoms with E-state index in [0.29, 0.717) is 22.7 Å². The number of hydrogen-bond acceptors (Lipinski definition) is 2. The predicted molar refractivity (Wildman–Crippen MR) is 88.1 cm³/mol. The second-order valence-corrected chi connectivity index (χ2v) is 7.90. The summed E-state index contributed by atoms with van der Waals surface area (Å²) in [6.45, 7) is 15.3. The monoisotopic (exact) mass is 294 g/mol. The van der Waals surface area contributed by atoms with E-state index in [4.69, 9.17) is 9.47 Å². The van der Waals surface area contributed by atoms with Crippen LogP contribution < -0.4 is 0 Å². The topological polar surface area (TPSA) is 18.5 Å². The summed E-state index contributed by atoms with van der Waals surface area (Å²) < 4.78 is 11.7. The Morgan fingerprint density at radius 3 is 2.33 bits per heavy atom. The molecule has 2 nitrogen and oxygen atoms in total. The van der Waals surface area contributed by atoms with Crippen molar-refractivity contribution in [1.82, 2.24) is 0 Å². The van der Waals surface area contributed by atoms with Crippen LogP contribution in [0.25, 0.3) is 0 Å². The molecule has 0 amide bonds. The Bertz CT molecular complexity index is 379. The third-order valence-corrected chi connectivity index (χ3v) is 5.83. The number of fused-ring (bicyclic) bond motifs is 2. The summed E-state index contributed by atoms with van der Waals surface area (Å²) in [5.41, 5.74) is 2.32. The standard InChI is InChI=1S/C19H34O2/c1-7-20-16(21-8-2)12-15-17-14(3)13-19(15,6)11-9-10-18(17,4)5/h13,15-17H,7-12H2,1-6H3. The largest absolute Gasteiger partial charge is 0.353 e. The summed E-state index contributed by atoms with van der Waals surface area (Å²) in [5, 5.41) is 0. The van der Waals surface area contributed by atoms with Gasteiger partial charge in [0, 0.05) is 19.6 Å². The molecule has 21 heavy (non-hydrogen) atoms. The highest BCUT2D eigenvalue weighted by Crippen LogP contribution is 2.59. The number of ether oxygens (including phenoxy) is 2. The minimum Gasteiger partial charge on any atom is -0.353 e. The van der Waals surface area contributed by atoms with Crippen LogP contribution in [0.2, 0.25) is 0 Å². The maximum Gasteiger partial charge on any atom is 0.157 e. The van der Waals surface area contributed by atoms with Crippen molar-refractivity contribution < 1.29 is 9.47 Å². The van der Waals surface area contributed by atoms with Crippen LogP contribution in [0, 0.1) is 22.7 Å². The first-order valence-electron chi connectivity index (χ1n) is 8.76. The molecule has 2 rings (SSSR count). The van der Waals surface area contributed by atoms with Gasteiger partial charge in [0.05, 0.1) is 0 Å². The molecule has 0 N–H and O–H groups in total. The van der Waals surface area contributed by atoms with Crippen molar-refractivity contribution in [3.05, 3.63) is 11.6 Å². The van der Waals surface area contributed by atoms with Crippen molar-refractivity contribution in [1.29, 1.82) is 0 Å². The van der Waals surface area contributed by atoms with Crippen molar-refractivity contribution in [3.8, 4) is 0 Å². The molecule has 3 atom stereocenters. The Morgan fingerprint density at radius 1 is 1.14 bits per heavy atom. The molecular formula is C19H34O2. The third-order valence-electron chi connectivity index (χ3n) is 5.83. The summed E-state index contributed by atoms with van der Waals surface area (Å²) in [7, 11) is 0. The van der Waals surface area contributed by atoms with E-state index in [2.05, 4.69) is 47.6 Å². The quantitative estimate of drug-likeness (QED) is 0.496. The van der Waals surface area contributed by atoms with E-state index in [1.807, 2.05) is 0 Å². The highest BCUT2D eigenvalue weighted by molar-refractivity contribution is 5.25. The van der Waals surface area contributed by atoms with Crippen molar-refractivity contribution in [2.45, 2.75) is 73.5 Å². The number of hydrogen-bond donors (Lipinski definition) is 0. The molecule has 0 heterocycles. The maximum absolute atomic E-state index is 5.85. The van der Waals surface area contributed by atoms with Crippen LogP contribution >= 0.6 is 0 Å². The maximum atomic E-state index is 5.85. The first-order valence-corrected chi connectivity index (χ1v) is 8.76. The molecule has 0 saturated heterocycles. The molecule has 2 aliphatic carbocycles. The third kappa shape index (κ3) is 3.37. The van der Waals surface area contributed by atoms with Crippen LogP contribution in [0.3, 0.4) is 0 Å². The van der Waals surface area contributed by atoms with Gasteiger partial charge in [-0.25, -0.2) is 0 Å². The van der Waals surface area contributed by atoms with Gasteiger partial charge < -0.3 is 9.47 Å². The fourth-order valence-corrected chi connectivity index (χ4v) is 5.08. The van der Waals surface area contributed by atoms with Crippen LogP contribution in [0.15, 0.2) is 11.6 Å². The zero-order chi connectivity index (χ0) is 15.7. The Labute approximate surface area is 131 Å². The highest BCUT2D eigenvalue weighted by atomic mass is 16.7. The molecule has 3 unspecified atom stereocenters. The molecule has 1 fully saturated rings. The first-order chi connectivity index (χ1) is 9.84. The fraction of sp³-hybridized carbons (Fsp3) is 0.895. The summed E-state index contributed by atoms with van der Waals surface area (Å²) >= 11 is 0. The van der Waals surface area contributed by atoms with Gasteiger partial charge in [0.1, 0.15) is 0 Å². The van der Waals surface area contributed by atoms with Crippen LogP contribution in [0.5, 0.6) is 0 Å². The summed E-state index contributed by atoms with van der Waals surface area (Å²) in [5.74, 6) is 1.33. The van der Waals surface area contributed by atoms with Crippen LogP contribution in [0.4, 0.5) is 0 Å². The highest BCUT2D eigenvalue weighted by Gasteiger charge is 2.51. The molecule has 1 saturated carbocycles. The lowest BCUT2D eigenvalue weighted by Gasteiger charge is -2.40. The average Bonchev–Trinajstić information content (AvgIpc) is 2.55. The lowest BCUT2D eigenvalue weighted by Crippen LogP contribution is -2.36. The lowest BCUT2D eigenvalue weighted by molar-refractivity contribution is -0.154. The number of allylic oxidation sites excluding steroid dienone is 2. The lowest BCUT2D eigenvalue weighted by atomic mass is 9.66. The molecule has 0 radical (unpaired) electrons. The Morgan fingerprint density at radius 2 is 1.76 bits per heavy atom.